The Labute approximate surface area is 172 Å². The molecule has 10 heteroatoms. The lowest BCUT2D eigenvalue weighted by atomic mass is 10.1. The van der Waals surface area contributed by atoms with E-state index in [1.807, 2.05) is 0 Å². The largest absolute Gasteiger partial charge is 0.495 e. The zero-order chi connectivity index (χ0) is 20.9. The molecule has 2 N–H and O–H groups in total. The highest BCUT2D eigenvalue weighted by Gasteiger charge is 2.16. The quantitative estimate of drug-likeness (QED) is 0.609. The van der Waals surface area contributed by atoms with E-state index in [1.165, 1.54) is 40.4 Å². The molecule has 2 rings (SSSR count). The van der Waals surface area contributed by atoms with Crippen molar-refractivity contribution in [1.82, 2.24) is 0 Å². The second-order valence-electron chi connectivity index (χ2n) is 5.57. The van der Waals surface area contributed by atoms with Crippen LogP contribution in [-0.4, -0.2) is 41.4 Å². The number of methoxy groups -OCH3 is 3. The SMILES string of the molecule is CCS(=O)(=O)Nc1ccc(NC(=O)c2cc(OC)c(Br)c(OC)c2)cc1OC. The number of carbonyl (C=O) groups excluding carboxylic acids is 1. The molecule has 8 nitrogen and oxygen atoms in total. The number of sulfonamides is 1. The van der Waals surface area contributed by atoms with Gasteiger partial charge in [0, 0.05) is 17.3 Å². The first kappa shape index (κ1) is 21.8. The van der Waals surface area contributed by atoms with Crippen molar-refractivity contribution in [3.8, 4) is 17.2 Å². The molecule has 0 aliphatic heterocycles. The minimum absolute atomic E-state index is 0.0676. The van der Waals surface area contributed by atoms with Crippen molar-refractivity contribution in [2.45, 2.75) is 6.92 Å². The first-order chi connectivity index (χ1) is 13.2. The second-order valence-corrected chi connectivity index (χ2v) is 8.37. The summed E-state index contributed by atoms with van der Waals surface area (Å²) in [5, 5.41) is 2.74. The van der Waals surface area contributed by atoms with E-state index in [1.54, 1.807) is 18.2 Å². The van der Waals surface area contributed by atoms with Gasteiger partial charge in [-0.3, -0.25) is 9.52 Å². The van der Waals surface area contributed by atoms with Gasteiger partial charge in [-0.2, -0.15) is 0 Å². The molecule has 0 aliphatic carbocycles. The zero-order valence-corrected chi connectivity index (χ0v) is 18.2. The zero-order valence-electron chi connectivity index (χ0n) is 15.8. The predicted octanol–water partition coefficient (Wildman–Crippen LogP) is 3.49. The minimum Gasteiger partial charge on any atom is -0.495 e. The van der Waals surface area contributed by atoms with Gasteiger partial charge >= 0.3 is 0 Å². The highest BCUT2D eigenvalue weighted by atomic mass is 79.9. The van der Waals surface area contributed by atoms with Crippen molar-refractivity contribution in [2.75, 3.05) is 37.1 Å². The summed E-state index contributed by atoms with van der Waals surface area (Å²) in [6.07, 6.45) is 0. The molecule has 0 fully saturated rings. The molecule has 0 bridgehead atoms. The van der Waals surface area contributed by atoms with Gasteiger partial charge in [0.2, 0.25) is 10.0 Å². The Balaban J connectivity index is 2.29. The Hall–Kier alpha value is -2.46. The number of benzene rings is 2. The number of rotatable bonds is 8. The van der Waals surface area contributed by atoms with Gasteiger partial charge in [-0.1, -0.05) is 0 Å². The van der Waals surface area contributed by atoms with Gasteiger partial charge in [-0.05, 0) is 47.1 Å². The molecule has 0 spiro atoms. The van der Waals surface area contributed by atoms with Gasteiger partial charge in [-0.25, -0.2) is 8.42 Å². The number of hydrogen-bond acceptors (Lipinski definition) is 6. The van der Waals surface area contributed by atoms with Gasteiger partial charge in [-0.15, -0.1) is 0 Å². The van der Waals surface area contributed by atoms with Crippen LogP contribution in [0.1, 0.15) is 17.3 Å². The first-order valence-electron chi connectivity index (χ1n) is 8.16. The number of nitrogens with one attached hydrogen (secondary N) is 2. The van der Waals surface area contributed by atoms with Crippen LogP contribution in [0.5, 0.6) is 17.2 Å². The van der Waals surface area contributed by atoms with Crippen LogP contribution in [0, 0.1) is 0 Å². The lowest BCUT2D eigenvalue weighted by Crippen LogP contribution is -2.16. The molecule has 0 unspecified atom stereocenters. The Morgan fingerprint density at radius 1 is 1.00 bits per heavy atom. The van der Waals surface area contributed by atoms with Crippen LogP contribution in [0.2, 0.25) is 0 Å². The van der Waals surface area contributed by atoms with E-state index in [2.05, 4.69) is 26.0 Å². The van der Waals surface area contributed by atoms with Gasteiger partial charge in [0.05, 0.1) is 32.8 Å². The van der Waals surface area contributed by atoms with E-state index >= 15 is 0 Å². The van der Waals surface area contributed by atoms with Gasteiger partial charge in [0.15, 0.2) is 0 Å². The summed E-state index contributed by atoms with van der Waals surface area (Å²) in [6, 6.07) is 7.76. The third-order valence-corrected chi connectivity index (χ3v) is 5.89. The summed E-state index contributed by atoms with van der Waals surface area (Å²) in [5.74, 6) is 0.716. The molecule has 0 saturated heterocycles. The topological polar surface area (TPSA) is 103 Å². The van der Waals surface area contributed by atoms with Crippen molar-refractivity contribution in [1.29, 1.82) is 0 Å². The van der Waals surface area contributed by atoms with Crippen molar-refractivity contribution in [3.63, 3.8) is 0 Å². The van der Waals surface area contributed by atoms with E-state index in [4.69, 9.17) is 14.2 Å². The van der Waals surface area contributed by atoms with Crippen LogP contribution in [0.4, 0.5) is 11.4 Å². The summed E-state index contributed by atoms with van der Waals surface area (Å²) in [4.78, 5) is 12.6. The summed E-state index contributed by atoms with van der Waals surface area (Å²) < 4.78 is 42.3. The van der Waals surface area contributed by atoms with Crippen molar-refractivity contribution < 1.29 is 27.4 Å². The summed E-state index contributed by atoms with van der Waals surface area (Å²) >= 11 is 3.35. The Bertz CT molecular complexity index is 953. The maximum Gasteiger partial charge on any atom is 0.255 e. The van der Waals surface area contributed by atoms with Gasteiger partial charge in [0.25, 0.3) is 5.91 Å². The average Bonchev–Trinajstić information content (AvgIpc) is 2.68. The second kappa shape index (κ2) is 9.16. The van der Waals surface area contributed by atoms with Crippen molar-refractivity contribution in [2.24, 2.45) is 0 Å². The van der Waals surface area contributed by atoms with Crippen LogP contribution in [0.25, 0.3) is 0 Å². The molecule has 0 aliphatic rings. The highest BCUT2D eigenvalue weighted by Crippen LogP contribution is 2.36. The molecular weight excluding hydrogens is 452 g/mol. The van der Waals surface area contributed by atoms with E-state index in [0.717, 1.165) is 0 Å². The molecule has 2 aromatic carbocycles. The van der Waals surface area contributed by atoms with Crippen LogP contribution in [-0.2, 0) is 10.0 Å². The van der Waals surface area contributed by atoms with E-state index in [-0.39, 0.29) is 17.2 Å². The Morgan fingerprint density at radius 2 is 1.57 bits per heavy atom. The molecule has 0 saturated carbocycles. The molecule has 0 aromatic heterocycles. The van der Waals surface area contributed by atoms with Crippen LogP contribution in [0.15, 0.2) is 34.8 Å². The number of halogens is 1. The average molecular weight is 473 g/mol. The molecule has 0 heterocycles. The van der Waals surface area contributed by atoms with E-state index in [0.29, 0.717) is 27.2 Å². The maximum atomic E-state index is 12.6. The third kappa shape index (κ3) is 5.08. The smallest absolute Gasteiger partial charge is 0.255 e. The molecule has 1 amide bonds. The molecule has 2 aromatic rings. The number of amides is 1. The normalized spacial score (nSPS) is 10.9. The molecule has 152 valence electrons. The Kier molecular flexibility index (Phi) is 7.14. The third-order valence-electron chi connectivity index (χ3n) is 3.81. The van der Waals surface area contributed by atoms with Crippen molar-refractivity contribution >= 4 is 43.2 Å². The lowest BCUT2D eigenvalue weighted by Gasteiger charge is -2.14. The number of carbonyl (C=O) groups is 1. The molecule has 0 radical (unpaired) electrons. The van der Waals surface area contributed by atoms with Gasteiger partial charge in [0.1, 0.15) is 21.7 Å². The number of hydrogen-bond donors (Lipinski definition) is 2. The Morgan fingerprint density at radius 3 is 2.07 bits per heavy atom. The summed E-state index contributed by atoms with van der Waals surface area (Å²) in [6.45, 7) is 1.53. The van der Waals surface area contributed by atoms with E-state index < -0.39 is 15.9 Å². The predicted molar refractivity (Wildman–Crippen MR) is 111 cm³/mol. The van der Waals surface area contributed by atoms with Crippen LogP contribution >= 0.6 is 15.9 Å². The van der Waals surface area contributed by atoms with Gasteiger partial charge < -0.3 is 19.5 Å². The molecule has 28 heavy (non-hydrogen) atoms. The lowest BCUT2D eigenvalue weighted by molar-refractivity contribution is 0.102. The number of ether oxygens (including phenoxy) is 3. The number of anilines is 2. The standard InChI is InChI=1S/C18H21BrN2O6S/c1-5-28(23,24)21-13-7-6-12(10-14(13)25-2)20-18(22)11-8-15(26-3)17(19)16(9-11)27-4/h6-10,21H,5H2,1-4H3,(H,20,22). The van der Waals surface area contributed by atoms with Crippen LogP contribution < -0.4 is 24.2 Å². The van der Waals surface area contributed by atoms with E-state index in [9.17, 15) is 13.2 Å². The fraction of sp³-hybridized carbons (Fsp3) is 0.278. The fourth-order valence-corrected chi connectivity index (χ4v) is 3.50. The fourth-order valence-electron chi connectivity index (χ4n) is 2.30. The molecular formula is C18H21BrN2O6S. The first-order valence-corrected chi connectivity index (χ1v) is 10.6. The minimum atomic E-state index is -3.45. The van der Waals surface area contributed by atoms with Crippen molar-refractivity contribution in [3.05, 3.63) is 40.4 Å². The monoisotopic (exact) mass is 472 g/mol. The van der Waals surface area contributed by atoms with Crippen LogP contribution in [0.3, 0.4) is 0 Å². The summed E-state index contributed by atoms with van der Waals surface area (Å²) in [7, 11) is 0.935. The maximum absolute atomic E-state index is 12.6. The molecule has 0 atom stereocenters. The summed E-state index contributed by atoms with van der Waals surface area (Å²) in [5.41, 5.74) is 1.04. The highest BCUT2D eigenvalue weighted by molar-refractivity contribution is 9.10.